The fraction of sp³-hybridized carbons (Fsp3) is 1.00. The zero-order valence-electron chi connectivity index (χ0n) is 5.43. The van der Waals surface area contributed by atoms with Crippen LogP contribution in [0.3, 0.4) is 0 Å². The fourth-order valence-corrected chi connectivity index (χ4v) is 1.48. The van der Waals surface area contributed by atoms with Gasteiger partial charge >= 0.3 is 0 Å². The van der Waals surface area contributed by atoms with Crippen LogP contribution in [0.4, 0.5) is 0 Å². The highest BCUT2D eigenvalue weighted by molar-refractivity contribution is 4.90. The van der Waals surface area contributed by atoms with Crippen molar-refractivity contribution in [2.24, 2.45) is 0 Å². The van der Waals surface area contributed by atoms with Crippen molar-refractivity contribution in [2.75, 3.05) is 6.61 Å². The molecule has 2 heterocycles. The Labute approximate surface area is 58.4 Å². The number of aliphatic hydroxyl groups excluding tert-OH is 2. The van der Waals surface area contributed by atoms with Crippen molar-refractivity contribution in [1.82, 2.24) is 0 Å². The van der Waals surface area contributed by atoms with Crippen LogP contribution < -0.4 is 0 Å². The van der Waals surface area contributed by atoms with Crippen molar-refractivity contribution in [3.05, 3.63) is 0 Å². The summed E-state index contributed by atoms with van der Waals surface area (Å²) in [5.41, 5.74) is 0. The van der Waals surface area contributed by atoms with Crippen LogP contribution in [0.5, 0.6) is 0 Å². The van der Waals surface area contributed by atoms with E-state index in [9.17, 15) is 0 Å². The van der Waals surface area contributed by atoms with E-state index < -0.39 is 12.4 Å². The van der Waals surface area contributed by atoms with E-state index in [0.717, 1.165) is 6.42 Å². The number of hydrogen-bond donors (Lipinski definition) is 2. The highest BCUT2D eigenvalue weighted by Crippen LogP contribution is 2.29. The topological polar surface area (TPSA) is 58.9 Å². The van der Waals surface area contributed by atoms with Gasteiger partial charge in [-0.3, -0.25) is 0 Å². The molecule has 0 aromatic carbocycles. The molecule has 0 amide bonds. The van der Waals surface area contributed by atoms with E-state index in [1.165, 1.54) is 0 Å². The second-order valence-electron chi connectivity index (χ2n) is 2.68. The summed E-state index contributed by atoms with van der Waals surface area (Å²) >= 11 is 0. The summed E-state index contributed by atoms with van der Waals surface area (Å²) < 4.78 is 10.1. The maximum Gasteiger partial charge on any atom is 0.183 e. The standard InChI is InChI=1S/C6H10O4/c7-4-5-3(1-2-9-5)10-6(4)8/h3-8H,1-2H2. The third kappa shape index (κ3) is 0.769. The molecular weight excluding hydrogens is 136 g/mol. The van der Waals surface area contributed by atoms with E-state index >= 15 is 0 Å². The number of aliphatic hydroxyl groups is 2. The van der Waals surface area contributed by atoms with Gasteiger partial charge in [0.2, 0.25) is 0 Å². The Kier molecular flexibility index (Phi) is 1.42. The Morgan fingerprint density at radius 1 is 1.30 bits per heavy atom. The summed E-state index contributed by atoms with van der Waals surface area (Å²) in [7, 11) is 0. The second kappa shape index (κ2) is 2.17. The Hall–Kier alpha value is -0.160. The van der Waals surface area contributed by atoms with Crippen LogP contribution in [-0.4, -0.2) is 41.4 Å². The molecule has 2 N–H and O–H groups in total. The average Bonchev–Trinajstić information content (AvgIpc) is 2.41. The average molecular weight is 146 g/mol. The van der Waals surface area contributed by atoms with Gasteiger partial charge in [0, 0.05) is 6.61 Å². The highest BCUT2D eigenvalue weighted by atomic mass is 16.7. The first-order valence-corrected chi connectivity index (χ1v) is 3.42. The molecule has 2 saturated heterocycles. The molecule has 4 nitrogen and oxygen atoms in total. The minimum absolute atomic E-state index is 0.0926. The van der Waals surface area contributed by atoms with Gasteiger partial charge in [-0.2, -0.15) is 0 Å². The maximum absolute atomic E-state index is 9.17. The van der Waals surface area contributed by atoms with Crippen LogP contribution >= 0.6 is 0 Å². The molecule has 0 aliphatic carbocycles. The van der Waals surface area contributed by atoms with E-state index in [1.54, 1.807) is 0 Å². The zero-order chi connectivity index (χ0) is 7.14. The molecule has 0 aromatic rings. The van der Waals surface area contributed by atoms with Crippen molar-refractivity contribution in [3.63, 3.8) is 0 Å². The monoisotopic (exact) mass is 146 g/mol. The number of rotatable bonds is 0. The minimum Gasteiger partial charge on any atom is -0.385 e. The van der Waals surface area contributed by atoms with Gasteiger partial charge in [0.1, 0.15) is 12.2 Å². The van der Waals surface area contributed by atoms with Crippen LogP contribution in [-0.2, 0) is 9.47 Å². The smallest absolute Gasteiger partial charge is 0.183 e. The van der Waals surface area contributed by atoms with Gasteiger partial charge in [0.25, 0.3) is 0 Å². The minimum atomic E-state index is -1.05. The Morgan fingerprint density at radius 3 is 2.80 bits per heavy atom. The lowest BCUT2D eigenvalue weighted by Gasteiger charge is -2.10. The molecule has 4 heteroatoms. The summed E-state index contributed by atoms with van der Waals surface area (Å²) in [4.78, 5) is 0. The molecule has 4 atom stereocenters. The summed E-state index contributed by atoms with van der Waals surface area (Å²) in [5, 5.41) is 18.1. The largest absolute Gasteiger partial charge is 0.385 e. The van der Waals surface area contributed by atoms with Crippen LogP contribution in [0.15, 0.2) is 0 Å². The summed E-state index contributed by atoms with van der Waals surface area (Å²) in [6.07, 6.45) is -1.51. The molecule has 2 aliphatic rings. The number of fused-ring (bicyclic) bond motifs is 1. The molecule has 2 rings (SSSR count). The van der Waals surface area contributed by atoms with E-state index in [4.69, 9.17) is 19.7 Å². The van der Waals surface area contributed by atoms with E-state index in [-0.39, 0.29) is 12.2 Å². The molecule has 0 radical (unpaired) electrons. The van der Waals surface area contributed by atoms with Crippen molar-refractivity contribution in [1.29, 1.82) is 0 Å². The first-order valence-electron chi connectivity index (χ1n) is 3.42. The molecule has 0 aromatic heterocycles. The fourth-order valence-electron chi connectivity index (χ4n) is 1.48. The predicted molar refractivity (Wildman–Crippen MR) is 31.2 cm³/mol. The van der Waals surface area contributed by atoms with Crippen LogP contribution in [0, 0.1) is 0 Å². The SMILES string of the molecule is OC1OC2CCOC2C1O. The van der Waals surface area contributed by atoms with Crippen molar-refractivity contribution >= 4 is 0 Å². The first-order chi connectivity index (χ1) is 4.79. The van der Waals surface area contributed by atoms with Gasteiger partial charge < -0.3 is 19.7 Å². The van der Waals surface area contributed by atoms with Gasteiger partial charge in [0.15, 0.2) is 6.29 Å². The predicted octanol–water partition coefficient (Wildman–Crippen LogP) is -1.15. The second-order valence-corrected chi connectivity index (χ2v) is 2.68. The van der Waals surface area contributed by atoms with E-state index in [0.29, 0.717) is 6.61 Å². The Morgan fingerprint density at radius 2 is 2.10 bits per heavy atom. The molecule has 10 heavy (non-hydrogen) atoms. The molecule has 2 fully saturated rings. The first kappa shape index (κ1) is 6.54. The third-order valence-corrected chi connectivity index (χ3v) is 2.02. The lowest BCUT2D eigenvalue weighted by molar-refractivity contribution is -0.133. The normalized spacial score (nSPS) is 53.4. The number of hydrogen-bond acceptors (Lipinski definition) is 4. The summed E-state index contributed by atoms with van der Waals surface area (Å²) in [6, 6.07) is 0. The number of ether oxygens (including phenoxy) is 2. The lowest BCUT2D eigenvalue weighted by Crippen LogP contribution is -2.31. The van der Waals surface area contributed by atoms with E-state index in [1.807, 2.05) is 0 Å². The molecular formula is C6H10O4. The van der Waals surface area contributed by atoms with Gasteiger partial charge in [-0.25, -0.2) is 0 Å². The van der Waals surface area contributed by atoms with Gasteiger partial charge in [-0.1, -0.05) is 0 Å². The maximum atomic E-state index is 9.17. The van der Waals surface area contributed by atoms with Gasteiger partial charge in [-0.05, 0) is 6.42 Å². The van der Waals surface area contributed by atoms with Crippen LogP contribution in [0.25, 0.3) is 0 Å². The molecule has 58 valence electrons. The molecule has 0 spiro atoms. The Balaban J connectivity index is 2.09. The van der Waals surface area contributed by atoms with E-state index in [2.05, 4.69) is 0 Å². The summed E-state index contributed by atoms with van der Waals surface area (Å²) in [6.45, 7) is 0.624. The Bertz CT molecular complexity index is 136. The zero-order valence-corrected chi connectivity index (χ0v) is 5.43. The third-order valence-electron chi connectivity index (χ3n) is 2.02. The van der Waals surface area contributed by atoms with Crippen molar-refractivity contribution < 1.29 is 19.7 Å². The summed E-state index contributed by atoms with van der Waals surface area (Å²) in [5.74, 6) is 0. The van der Waals surface area contributed by atoms with Gasteiger partial charge in [0.05, 0.1) is 6.10 Å². The lowest BCUT2D eigenvalue weighted by atomic mass is 10.1. The molecule has 0 bridgehead atoms. The van der Waals surface area contributed by atoms with Crippen LogP contribution in [0.2, 0.25) is 0 Å². The van der Waals surface area contributed by atoms with Gasteiger partial charge in [-0.15, -0.1) is 0 Å². The molecule has 0 saturated carbocycles. The quantitative estimate of drug-likeness (QED) is 0.453. The van der Waals surface area contributed by atoms with Crippen LogP contribution in [0.1, 0.15) is 6.42 Å². The highest BCUT2D eigenvalue weighted by Gasteiger charge is 2.46. The van der Waals surface area contributed by atoms with Crippen molar-refractivity contribution in [3.8, 4) is 0 Å². The molecule has 4 unspecified atom stereocenters. The molecule has 2 aliphatic heterocycles. The van der Waals surface area contributed by atoms with Crippen molar-refractivity contribution in [2.45, 2.75) is 31.0 Å².